The van der Waals surface area contributed by atoms with E-state index in [0.717, 1.165) is 19.4 Å². The number of carbonyl (C=O) groups is 2. The molecule has 0 radical (unpaired) electrons. The van der Waals surface area contributed by atoms with Crippen LogP contribution in [0, 0.1) is 5.92 Å². The number of carboxylic acids is 1. The molecule has 6 nitrogen and oxygen atoms in total. The Bertz CT molecular complexity index is 716. The van der Waals surface area contributed by atoms with Crippen LogP contribution in [0.25, 0.3) is 0 Å². The van der Waals surface area contributed by atoms with Crippen molar-refractivity contribution in [3.8, 4) is 0 Å². The van der Waals surface area contributed by atoms with Gasteiger partial charge in [0.1, 0.15) is 0 Å². The van der Waals surface area contributed by atoms with Crippen molar-refractivity contribution in [3.63, 3.8) is 0 Å². The van der Waals surface area contributed by atoms with Gasteiger partial charge in [-0.05, 0) is 49.3 Å². The van der Waals surface area contributed by atoms with E-state index in [4.69, 9.17) is 5.11 Å². The van der Waals surface area contributed by atoms with Crippen LogP contribution in [-0.2, 0) is 11.2 Å². The molecule has 0 unspecified atom stereocenters. The number of carbonyl (C=O) groups excluding carboxylic acids is 1. The predicted octanol–water partition coefficient (Wildman–Crippen LogP) is 3.24. The standard InChI is InChI=1S/C19H24F3N3O3/c20-19(21,22)9-13-2-1-3-14(6-13)23-18(28)24-15-7-16(8-15)25(11-17(26)27)10-12-4-5-12/h1-3,6,12,15-16H,4-5,7-11H2,(H,26,27)(H2,23,24,28). The Hall–Kier alpha value is -2.29. The Kier molecular flexibility index (Phi) is 6.12. The van der Waals surface area contributed by atoms with Crippen molar-refractivity contribution in [1.82, 2.24) is 10.2 Å². The fourth-order valence-electron chi connectivity index (χ4n) is 3.50. The average Bonchev–Trinajstić information content (AvgIpc) is 3.32. The predicted molar refractivity (Wildman–Crippen MR) is 97.1 cm³/mol. The number of carboxylic acid groups (broad SMARTS) is 1. The lowest BCUT2D eigenvalue weighted by Gasteiger charge is -2.42. The molecule has 3 N–H and O–H groups in total. The SMILES string of the molecule is O=C(O)CN(CC1CC1)C1CC(NC(=O)Nc2cccc(CC(F)(F)F)c2)C1. The molecule has 2 amide bonds. The Morgan fingerprint density at radius 3 is 2.54 bits per heavy atom. The van der Waals surface area contributed by atoms with Gasteiger partial charge in [0.2, 0.25) is 0 Å². The zero-order valence-electron chi connectivity index (χ0n) is 15.3. The third kappa shape index (κ3) is 6.40. The van der Waals surface area contributed by atoms with E-state index in [1.807, 2.05) is 4.90 Å². The summed E-state index contributed by atoms with van der Waals surface area (Å²) in [6.07, 6.45) is -1.73. The summed E-state index contributed by atoms with van der Waals surface area (Å²) in [5.74, 6) is -0.271. The number of hydrogen-bond acceptors (Lipinski definition) is 3. The molecule has 0 aliphatic heterocycles. The summed E-state index contributed by atoms with van der Waals surface area (Å²) < 4.78 is 37.5. The quantitative estimate of drug-likeness (QED) is 0.627. The number of aliphatic carboxylic acids is 1. The second-order valence-electron chi connectivity index (χ2n) is 7.68. The first-order chi connectivity index (χ1) is 13.2. The highest BCUT2D eigenvalue weighted by atomic mass is 19.4. The second kappa shape index (κ2) is 8.38. The second-order valence-corrected chi connectivity index (χ2v) is 7.68. The van der Waals surface area contributed by atoms with Crippen molar-refractivity contribution in [2.75, 3.05) is 18.4 Å². The van der Waals surface area contributed by atoms with Gasteiger partial charge in [-0.15, -0.1) is 0 Å². The number of urea groups is 1. The number of anilines is 1. The van der Waals surface area contributed by atoms with Gasteiger partial charge >= 0.3 is 18.2 Å². The highest BCUT2D eigenvalue weighted by Gasteiger charge is 2.37. The van der Waals surface area contributed by atoms with E-state index in [9.17, 15) is 22.8 Å². The minimum Gasteiger partial charge on any atom is -0.480 e. The molecule has 154 valence electrons. The molecule has 0 bridgehead atoms. The molecule has 9 heteroatoms. The van der Waals surface area contributed by atoms with Crippen molar-refractivity contribution in [2.45, 2.75) is 50.4 Å². The summed E-state index contributed by atoms with van der Waals surface area (Å²) in [6, 6.07) is 5.27. The summed E-state index contributed by atoms with van der Waals surface area (Å²) in [6.45, 7) is 0.786. The van der Waals surface area contributed by atoms with Gasteiger partial charge in [-0.1, -0.05) is 12.1 Å². The van der Waals surface area contributed by atoms with E-state index >= 15 is 0 Å². The van der Waals surface area contributed by atoms with Crippen LogP contribution in [-0.4, -0.2) is 53.4 Å². The molecular weight excluding hydrogens is 375 g/mol. The molecule has 2 aliphatic carbocycles. The maximum absolute atomic E-state index is 12.5. The number of nitrogens with zero attached hydrogens (tertiary/aromatic N) is 1. The van der Waals surface area contributed by atoms with Crippen molar-refractivity contribution >= 4 is 17.7 Å². The molecular formula is C19H24F3N3O3. The number of halogens is 3. The van der Waals surface area contributed by atoms with Gasteiger partial charge in [0.05, 0.1) is 13.0 Å². The lowest BCUT2D eigenvalue weighted by atomic mass is 9.85. The van der Waals surface area contributed by atoms with Crippen molar-refractivity contribution in [3.05, 3.63) is 29.8 Å². The van der Waals surface area contributed by atoms with Gasteiger partial charge in [0.25, 0.3) is 0 Å². The Labute approximate surface area is 161 Å². The fraction of sp³-hybridized carbons (Fsp3) is 0.579. The number of alkyl halides is 3. The van der Waals surface area contributed by atoms with Crippen LogP contribution in [0.3, 0.4) is 0 Å². The minimum absolute atomic E-state index is 0.00603. The van der Waals surface area contributed by atoms with Crippen molar-refractivity contribution in [1.29, 1.82) is 0 Å². The summed E-state index contributed by atoms with van der Waals surface area (Å²) >= 11 is 0. The van der Waals surface area contributed by atoms with Crippen LogP contribution in [0.15, 0.2) is 24.3 Å². The number of rotatable bonds is 8. The zero-order valence-corrected chi connectivity index (χ0v) is 15.3. The molecule has 0 saturated heterocycles. The number of benzene rings is 1. The first kappa shape index (κ1) is 20.4. The Balaban J connectivity index is 1.45. The molecule has 1 aromatic carbocycles. The van der Waals surface area contributed by atoms with Crippen LogP contribution < -0.4 is 10.6 Å². The highest BCUT2D eigenvalue weighted by Crippen LogP contribution is 2.33. The molecule has 28 heavy (non-hydrogen) atoms. The lowest BCUT2D eigenvalue weighted by molar-refractivity contribution is -0.139. The van der Waals surface area contributed by atoms with E-state index in [-0.39, 0.29) is 24.2 Å². The summed E-state index contributed by atoms with van der Waals surface area (Å²) in [7, 11) is 0. The molecule has 1 aromatic rings. The van der Waals surface area contributed by atoms with Crippen LogP contribution in [0.1, 0.15) is 31.2 Å². The normalized spacial score (nSPS) is 21.9. The highest BCUT2D eigenvalue weighted by molar-refractivity contribution is 5.89. The first-order valence-electron chi connectivity index (χ1n) is 9.37. The Morgan fingerprint density at radius 1 is 1.21 bits per heavy atom. The first-order valence-corrected chi connectivity index (χ1v) is 9.37. The molecule has 0 aromatic heterocycles. The average molecular weight is 399 g/mol. The molecule has 0 spiro atoms. The van der Waals surface area contributed by atoms with Gasteiger partial charge in [-0.25, -0.2) is 4.79 Å². The van der Waals surface area contributed by atoms with Gasteiger partial charge in [0, 0.05) is 24.3 Å². The van der Waals surface area contributed by atoms with Crippen molar-refractivity contribution < 1.29 is 27.9 Å². The van der Waals surface area contributed by atoms with Crippen LogP contribution in [0.4, 0.5) is 23.7 Å². The van der Waals surface area contributed by atoms with Crippen LogP contribution >= 0.6 is 0 Å². The van der Waals surface area contributed by atoms with Crippen LogP contribution in [0.5, 0.6) is 0 Å². The monoisotopic (exact) mass is 399 g/mol. The molecule has 2 fully saturated rings. The van der Waals surface area contributed by atoms with Crippen molar-refractivity contribution in [2.24, 2.45) is 5.92 Å². The van der Waals surface area contributed by atoms with E-state index in [1.165, 1.54) is 24.3 Å². The van der Waals surface area contributed by atoms with Gasteiger partial charge in [-0.2, -0.15) is 13.2 Å². The number of amides is 2. The molecule has 2 aliphatic rings. The molecule has 2 saturated carbocycles. The molecule has 0 heterocycles. The van der Waals surface area contributed by atoms with E-state index in [0.29, 0.717) is 24.4 Å². The van der Waals surface area contributed by atoms with Gasteiger partial charge in [-0.3, -0.25) is 9.69 Å². The third-order valence-electron chi connectivity index (χ3n) is 5.08. The zero-order chi connectivity index (χ0) is 20.3. The lowest BCUT2D eigenvalue weighted by Crippen LogP contribution is -2.55. The maximum atomic E-state index is 12.5. The number of nitrogens with one attached hydrogen (secondary N) is 2. The van der Waals surface area contributed by atoms with E-state index < -0.39 is 24.6 Å². The topological polar surface area (TPSA) is 81.7 Å². The van der Waals surface area contributed by atoms with Gasteiger partial charge < -0.3 is 15.7 Å². The number of hydrogen-bond donors (Lipinski definition) is 3. The summed E-state index contributed by atoms with van der Waals surface area (Å²) in [4.78, 5) is 25.1. The molecule has 3 rings (SSSR count). The van der Waals surface area contributed by atoms with Crippen LogP contribution in [0.2, 0.25) is 0 Å². The Morgan fingerprint density at radius 2 is 1.93 bits per heavy atom. The molecule has 0 atom stereocenters. The largest absolute Gasteiger partial charge is 0.480 e. The van der Waals surface area contributed by atoms with E-state index in [1.54, 1.807) is 0 Å². The van der Waals surface area contributed by atoms with E-state index in [2.05, 4.69) is 10.6 Å². The van der Waals surface area contributed by atoms with Gasteiger partial charge in [0.15, 0.2) is 0 Å². The minimum atomic E-state index is -4.30. The third-order valence-corrected chi connectivity index (χ3v) is 5.08. The summed E-state index contributed by atoms with van der Waals surface area (Å²) in [5, 5.41) is 14.4. The maximum Gasteiger partial charge on any atom is 0.393 e. The fourth-order valence-corrected chi connectivity index (χ4v) is 3.50. The summed E-state index contributed by atoms with van der Waals surface area (Å²) in [5.41, 5.74) is 0.384. The smallest absolute Gasteiger partial charge is 0.393 e.